The van der Waals surface area contributed by atoms with E-state index in [1.807, 2.05) is 29.8 Å². The third kappa shape index (κ3) is 2.46. The summed E-state index contributed by atoms with van der Waals surface area (Å²) in [6.45, 7) is 3.76. The van der Waals surface area contributed by atoms with Crippen molar-refractivity contribution in [2.45, 2.75) is 19.5 Å². The van der Waals surface area contributed by atoms with Gasteiger partial charge in [-0.3, -0.25) is 10.5 Å². The van der Waals surface area contributed by atoms with Gasteiger partial charge in [0.05, 0.1) is 23.0 Å². The van der Waals surface area contributed by atoms with Crippen molar-refractivity contribution in [2.24, 2.45) is 5.84 Å². The second kappa shape index (κ2) is 5.93. The average molecular weight is 309 g/mol. The number of rotatable bonds is 4. The number of hydrogen-bond donors (Lipinski definition) is 2. The summed E-state index contributed by atoms with van der Waals surface area (Å²) < 4.78 is 13.2. The van der Waals surface area contributed by atoms with E-state index in [-0.39, 0.29) is 6.04 Å². The average Bonchev–Trinajstić information content (AvgIpc) is 2.90. The van der Waals surface area contributed by atoms with Gasteiger partial charge in [-0.25, -0.2) is 5.43 Å². The summed E-state index contributed by atoms with van der Waals surface area (Å²) in [5, 5.41) is 4.82. The van der Waals surface area contributed by atoms with E-state index in [4.69, 9.17) is 26.9 Å². The van der Waals surface area contributed by atoms with Gasteiger partial charge in [-0.05, 0) is 13.0 Å². The molecule has 0 saturated carbocycles. The summed E-state index contributed by atoms with van der Waals surface area (Å²) in [6.07, 6.45) is 1.62. The summed E-state index contributed by atoms with van der Waals surface area (Å²) in [5.41, 5.74) is 4.50. The Morgan fingerprint density at radius 3 is 3.00 bits per heavy atom. The van der Waals surface area contributed by atoms with Gasteiger partial charge in [0.1, 0.15) is 13.2 Å². The maximum absolute atomic E-state index is 6.28. The van der Waals surface area contributed by atoms with E-state index in [1.54, 1.807) is 6.20 Å². The predicted octanol–water partition coefficient (Wildman–Crippen LogP) is 1.88. The zero-order valence-corrected chi connectivity index (χ0v) is 12.4. The molecule has 3 N–H and O–H groups in total. The highest BCUT2D eigenvalue weighted by molar-refractivity contribution is 6.31. The number of nitrogens with two attached hydrogens (primary N) is 1. The molecular formula is C14H17ClN4O2. The summed E-state index contributed by atoms with van der Waals surface area (Å²) in [7, 11) is 0. The standard InChI is InChI=1S/C14H17ClN4O2/c1-2-19-13(10(15)8-17-19)12(18-16)9-4-3-5-11-14(9)21-7-6-20-11/h3-5,8,12,18H,2,6-7,16H2,1H3. The van der Waals surface area contributed by atoms with Gasteiger partial charge in [0.2, 0.25) is 0 Å². The van der Waals surface area contributed by atoms with Crippen LogP contribution in [0.4, 0.5) is 0 Å². The first-order valence-electron chi connectivity index (χ1n) is 6.82. The third-order valence-electron chi connectivity index (χ3n) is 3.48. The highest BCUT2D eigenvalue weighted by Gasteiger charge is 2.26. The zero-order valence-electron chi connectivity index (χ0n) is 11.7. The summed E-state index contributed by atoms with van der Waals surface area (Å²) in [6, 6.07) is 5.41. The van der Waals surface area contributed by atoms with Crippen LogP contribution in [0.5, 0.6) is 11.5 Å². The fraction of sp³-hybridized carbons (Fsp3) is 0.357. The molecule has 1 aromatic heterocycles. The Labute approximate surface area is 127 Å². The lowest BCUT2D eigenvalue weighted by Crippen LogP contribution is -2.32. The highest BCUT2D eigenvalue weighted by atomic mass is 35.5. The second-order valence-corrected chi connectivity index (χ2v) is 5.07. The van der Waals surface area contributed by atoms with Crippen molar-refractivity contribution in [1.82, 2.24) is 15.2 Å². The van der Waals surface area contributed by atoms with Crippen molar-refractivity contribution in [3.05, 3.63) is 40.7 Å². The molecule has 0 bridgehead atoms. The molecule has 1 unspecified atom stereocenters. The van der Waals surface area contributed by atoms with Crippen LogP contribution >= 0.6 is 11.6 Å². The number of aromatic nitrogens is 2. The van der Waals surface area contributed by atoms with Gasteiger partial charge in [-0.2, -0.15) is 5.10 Å². The maximum Gasteiger partial charge on any atom is 0.166 e. The lowest BCUT2D eigenvalue weighted by Gasteiger charge is -2.25. The van der Waals surface area contributed by atoms with Crippen molar-refractivity contribution in [1.29, 1.82) is 0 Å². The van der Waals surface area contributed by atoms with E-state index in [0.717, 1.165) is 17.0 Å². The van der Waals surface area contributed by atoms with E-state index in [2.05, 4.69) is 10.5 Å². The molecule has 6 nitrogen and oxygen atoms in total. The molecule has 0 spiro atoms. The van der Waals surface area contributed by atoms with Crippen molar-refractivity contribution < 1.29 is 9.47 Å². The van der Waals surface area contributed by atoms with Crippen molar-refractivity contribution in [3.8, 4) is 11.5 Å². The number of ether oxygens (including phenoxy) is 2. The number of halogens is 1. The number of para-hydroxylation sites is 1. The Bertz CT molecular complexity index is 644. The summed E-state index contributed by atoms with van der Waals surface area (Å²) in [5.74, 6) is 7.20. The largest absolute Gasteiger partial charge is 0.486 e. The molecule has 0 radical (unpaired) electrons. The van der Waals surface area contributed by atoms with E-state index >= 15 is 0 Å². The molecule has 1 aliphatic rings. The van der Waals surface area contributed by atoms with Crippen LogP contribution < -0.4 is 20.7 Å². The van der Waals surface area contributed by atoms with E-state index in [9.17, 15) is 0 Å². The minimum absolute atomic E-state index is 0.323. The van der Waals surface area contributed by atoms with E-state index < -0.39 is 0 Å². The number of nitrogens with one attached hydrogen (secondary N) is 1. The molecule has 2 heterocycles. The lowest BCUT2D eigenvalue weighted by molar-refractivity contribution is 0.169. The highest BCUT2D eigenvalue weighted by Crippen LogP contribution is 2.40. The number of aryl methyl sites for hydroxylation is 1. The van der Waals surface area contributed by atoms with Crippen LogP contribution in [-0.4, -0.2) is 23.0 Å². The molecule has 0 amide bonds. The molecule has 112 valence electrons. The first-order chi connectivity index (χ1) is 10.3. The molecule has 1 atom stereocenters. The van der Waals surface area contributed by atoms with Crippen molar-refractivity contribution >= 4 is 11.6 Å². The summed E-state index contributed by atoms with van der Waals surface area (Å²) >= 11 is 6.28. The molecule has 21 heavy (non-hydrogen) atoms. The molecule has 2 aromatic rings. The fourth-order valence-corrected chi connectivity index (χ4v) is 2.80. The number of fused-ring (bicyclic) bond motifs is 1. The van der Waals surface area contributed by atoms with E-state index in [1.165, 1.54) is 0 Å². The van der Waals surface area contributed by atoms with Gasteiger partial charge >= 0.3 is 0 Å². The normalized spacial score (nSPS) is 15.0. The van der Waals surface area contributed by atoms with Crippen molar-refractivity contribution in [2.75, 3.05) is 13.2 Å². The molecule has 0 fully saturated rings. The van der Waals surface area contributed by atoms with Crippen LogP contribution in [-0.2, 0) is 6.54 Å². The summed E-state index contributed by atoms with van der Waals surface area (Å²) in [4.78, 5) is 0. The molecule has 1 aromatic carbocycles. The molecule has 7 heteroatoms. The quantitative estimate of drug-likeness (QED) is 0.666. The zero-order chi connectivity index (χ0) is 14.8. The minimum atomic E-state index is -0.323. The molecule has 3 rings (SSSR count). The molecular weight excluding hydrogens is 292 g/mol. The van der Waals surface area contributed by atoms with Crippen LogP contribution in [0.1, 0.15) is 24.2 Å². The van der Waals surface area contributed by atoms with Gasteiger partial charge < -0.3 is 9.47 Å². The smallest absolute Gasteiger partial charge is 0.166 e. The number of nitrogens with zero attached hydrogens (tertiary/aromatic N) is 2. The molecule has 0 saturated heterocycles. The van der Waals surface area contributed by atoms with Gasteiger partial charge in [0.25, 0.3) is 0 Å². The van der Waals surface area contributed by atoms with E-state index in [0.29, 0.717) is 30.5 Å². The Balaban J connectivity index is 2.10. The van der Waals surface area contributed by atoms with Crippen molar-refractivity contribution in [3.63, 3.8) is 0 Å². The lowest BCUT2D eigenvalue weighted by atomic mass is 10.0. The molecule has 0 aliphatic carbocycles. The van der Waals surface area contributed by atoms with Crippen LogP contribution in [0.3, 0.4) is 0 Å². The first-order valence-corrected chi connectivity index (χ1v) is 7.20. The Morgan fingerprint density at radius 1 is 1.43 bits per heavy atom. The topological polar surface area (TPSA) is 74.3 Å². The predicted molar refractivity (Wildman–Crippen MR) is 79.5 cm³/mol. The van der Waals surface area contributed by atoms with Gasteiger partial charge in [-0.1, -0.05) is 23.7 Å². The number of benzene rings is 1. The molecule has 1 aliphatic heterocycles. The third-order valence-corrected chi connectivity index (χ3v) is 3.77. The van der Waals surface area contributed by atoms with Gasteiger partial charge in [0.15, 0.2) is 11.5 Å². The van der Waals surface area contributed by atoms with Gasteiger partial charge in [0, 0.05) is 12.1 Å². The Morgan fingerprint density at radius 2 is 2.24 bits per heavy atom. The first kappa shape index (κ1) is 14.2. The van der Waals surface area contributed by atoms with Crippen LogP contribution in [0.2, 0.25) is 5.02 Å². The number of hydrogen-bond acceptors (Lipinski definition) is 5. The minimum Gasteiger partial charge on any atom is -0.486 e. The van der Waals surface area contributed by atoms with Gasteiger partial charge in [-0.15, -0.1) is 0 Å². The SMILES string of the molecule is CCn1ncc(Cl)c1C(NN)c1cccc2c1OCCO2. The van der Waals surface area contributed by atoms with Crippen LogP contribution in [0.25, 0.3) is 0 Å². The maximum atomic E-state index is 6.28. The Kier molecular flexibility index (Phi) is 4.01. The fourth-order valence-electron chi connectivity index (χ4n) is 2.55. The Hall–Kier alpha value is -1.76. The van der Waals surface area contributed by atoms with Crippen LogP contribution in [0.15, 0.2) is 24.4 Å². The second-order valence-electron chi connectivity index (χ2n) is 4.66. The monoisotopic (exact) mass is 308 g/mol. The van der Waals surface area contributed by atoms with Crippen LogP contribution in [0, 0.1) is 0 Å². The number of hydrazine groups is 1.